The summed E-state index contributed by atoms with van der Waals surface area (Å²) in [5.74, 6) is 1.66. The van der Waals surface area contributed by atoms with Gasteiger partial charge in [0.15, 0.2) is 0 Å². The number of hydrogen-bond donors (Lipinski definition) is 1. The summed E-state index contributed by atoms with van der Waals surface area (Å²) in [4.78, 5) is 10.2. The normalized spacial score (nSPS) is 11.4. The Bertz CT molecular complexity index is 608. The molecule has 1 N–H and O–H groups in total. The zero-order valence-corrected chi connectivity index (χ0v) is 13.6. The van der Waals surface area contributed by atoms with E-state index in [0.29, 0.717) is 0 Å². The monoisotopic (exact) mass is 307 g/mol. The predicted octanol–water partition coefficient (Wildman–Crippen LogP) is 4.62. The van der Waals surface area contributed by atoms with Crippen LogP contribution in [0.3, 0.4) is 0 Å². The van der Waals surface area contributed by atoms with E-state index in [4.69, 9.17) is 11.6 Å². The van der Waals surface area contributed by atoms with Crippen molar-refractivity contribution in [2.24, 2.45) is 0 Å². The Labute approximate surface area is 129 Å². The van der Waals surface area contributed by atoms with Crippen LogP contribution in [0, 0.1) is 0 Å². The van der Waals surface area contributed by atoms with Gasteiger partial charge in [-0.2, -0.15) is 0 Å². The van der Waals surface area contributed by atoms with Crippen LogP contribution in [0.2, 0.25) is 5.02 Å². The van der Waals surface area contributed by atoms with Crippen LogP contribution in [-0.2, 0) is 5.41 Å². The van der Waals surface area contributed by atoms with Gasteiger partial charge in [-0.05, 0) is 18.2 Å². The van der Waals surface area contributed by atoms with Crippen LogP contribution in [0.5, 0.6) is 0 Å². The molecule has 0 aliphatic rings. The molecule has 0 radical (unpaired) electrons. The van der Waals surface area contributed by atoms with E-state index in [1.807, 2.05) is 37.4 Å². The molecule has 106 valence electrons. The summed E-state index contributed by atoms with van der Waals surface area (Å²) in [6, 6.07) is 9.71. The molecule has 0 aliphatic heterocycles. The Hall–Kier alpha value is -1.26. The summed E-state index contributed by atoms with van der Waals surface area (Å²) >= 11 is 7.60. The van der Waals surface area contributed by atoms with Crippen molar-refractivity contribution in [3.63, 3.8) is 0 Å². The van der Waals surface area contributed by atoms with Crippen molar-refractivity contribution in [3.05, 3.63) is 41.2 Å². The molecule has 0 amide bonds. The molecule has 0 aliphatic carbocycles. The summed E-state index contributed by atoms with van der Waals surface area (Å²) in [5, 5.41) is 4.73. The number of hydrogen-bond acceptors (Lipinski definition) is 4. The quantitative estimate of drug-likeness (QED) is 0.840. The number of nitrogens with one attached hydrogen (secondary N) is 1. The molecule has 0 unspecified atom stereocenters. The first-order valence-electron chi connectivity index (χ1n) is 6.39. The van der Waals surface area contributed by atoms with Crippen LogP contribution in [0.4, 0.5) is 5.82 Å². The van der Waals surface area contributed by atoms with Crippen molar-refractivity contribution < 1.29 is 0 Å². The smallest absolute Gasteiger partial charge is 0.137 e. The Morgan fingerprint density at radius 2 is 1.90 bits per heavy atom. The van der Waals surface area contributed by atoms with Crippen molar-refractivity contribution in [1.29, 1.82) is 0 Å². The van der Waals surface area contributed by atoms with Crippen molar-refractivity contribution in [2.75, 3.05) is 12.4 Å². The lowest BCUT2D eigenvalue weighted by Crippen LogP contribution is -2.17. The third kappa shape index (κ3) is 3.87. The van der Waals surface area contributed by atoms with Crippen molar-refractivity contribution >= 4 is 29.2 Å². The van der Waals surface area contributed by atoms with Gasteiger partial charge < -0.3 is 5.32 Å². The molecule has 20 heavy (non-hydrogen) atoms. The zero-order valence-electron chi connectivity index (χ0n) is 12.1. The minimum absolute atomic E-state index is 0.0868. The lowest BCUT2D eigenvalue weighted by atomic mass is 9.96. The first-order valence-corrected chi connectivity index (χ1v) is 7.58. The molecule has 0 saturated heterocycles. The van der Waals surface area contributed by atoms with E-state index in [2.05, 4.69) is 36.1 Å². The van der Waals surface area contributed by atoms with E-state index in [1.165, 1.54) is 0 Å². The molecule has 2 aromatic rings. The first-order chi connectivity index (χ1) is 9.38. The van der Waals surface area contributed by atoms with Crippen molar-refractivity contribution in [3.8, 4) is 0 Å². The summed E-state index contributed by atoms with van der Waals surface area (Å²) in [6.07, 6.45) is 0. The molecule has 1 heterocycles. The van der Waals surface area contributed by atoms with E-state index in [0.717, 1.165) is 26.6 Å². The molecule has 0 spiro atoms. The molecular formula is C15H18ClN3S. The minimum Gasteiger partial charge on any atom is -0.373 e. The van der Waals surface area contributed by atoms with Crippen LogP contribution < -0.4 is 5.32 Å². The lowest BCUT2D eigenvalue weighted by Gasteiger charge is -2.18. The van der Waals surface area contributed by atoms with Crippen LogP contribution in [0.25, 0.3) is 0 Å². The van der Waals surface area contributed by atoms with Gasteiger partial charge in [0.05, 0.1) is 0 Å². The lowest BCUT2D eigenvalue weighted by molar-refractivity contribution is 0.539. The SMILES string of the molecule is CNc1cc(Sc2cccc(Cl)c2)nc(C(C)(C)C)n1. The highest BCUT2D eigenvalue weighted by Crippen LogP contribution is 2.31. The average Bonchev–Trinajstić information content (AvgIpc) is 2.37. The second kappa shape index (κ2) is 6.02. The Balaban J connectivity index is 2.36. The number of anilines is 1. The van der Waals surface area contributed by atoms with Gasteiger partial charge in [-0.15, -0.1) is 0 Å². The summed E-state index contributed by atoms with van der Waals surface area (Å²) < 4.78 is 0. The van der Waals surface area contributed by atoms with Crippen LogP contribution in [0.15, 0.2) is 40.3 Å². The van der Waals surface area contributed by atoms with Gasteiger partial charge in [0.2, 0.25) is 0 Å². The van der Waals surface area contributed by atoms with Gasteiger partial charge >= 0.3 is 0 Å². The highest BCUT2D eigenvalue weighted by Gasteiger charge is 2.19. The van der Waals surface area contributed by atoms with Crippen molar-refractivity contribution in [2.45, 2.75) is 36.1 Å². The molecule has 0 fully saturated rings. The van der Waals surface area contributed by atoms with Gasteiger partial charge in [-0.25, -0.2) is 9.97 Å². The molecule has 0 bridgehead atoms. The minimum atomic E-state index is -0.0868. The summed E-state index contributed by atoms with van der Waals surface area (Å²) in [7, 11) is 1.86. The molecule has 1 aromatic carbocycles. The molecule has 2 rings (SSSR count). The fraction of sp³-hybridized carbons (Fsp3) is 0.333. The molecular weight excluding hydrogens is 290 g/mol. The maximum atomic E-state index is 6.02. The maximum absolute atomic E-state index is 6.02. The standard InChI is InChI=1S/C15H18ClN3S/c1-15(2,3)14-18-12(17-4)9-13(19-14)20-11-7-5-6-10(16)8-11/h5-9H,1-4H3,(H,17,18,19). The van der Waals surface area contributed by atoms with Gasteiger partial charge in [0.25, 0.3) is 0 Å². The van der Waals surface area contributed by atoms with E-state index in [9.17, 15) is 0 Å². The maximum Gasteiger partial charge on any atom is 0.137 e. The van der Waals surface area contributed by atoms with Gasteiger partial charge in [0, 0.05) is 28.4 Å². The second-order valence-electron chi connectivity index (χ2n) is 5.47. The average molecular weight is 308 g/mol. The molecule has 3 nitrogen and oxygen atoms in total. The predicted molar refractivity (Wildman–Crippen MR) is 85.9 cm³/mol. The molecule has 1 aromatic heterocycles. The van der Waals surface area contributed by atoms with Crippen LogP contribution >= 0.6 is 23.4 Å². The number of nitrogens with zero attached hydrogens (tertiary/aromatic N) is 2. The molecule has 0 saturated carbocycles. The van der Waals surface area contributed by atoms with Crippen LogP contribution in [-0.4, -0.2) is 17.0 Å². The van der Waals surface area contributed by atoms with Gasteiger partial charge in [0.1, 0.15) is 16.7 Å². The fourth-order valence-corrected chi connectivity index (χ4v) is 2.72. The third-order valence-corrected chi connectivity index (χ3v) is 3.79. The Morgan fingerprint density at radius 3 is 2.50 bits per heavy atom. The second-order valence-corrected chi connectivity index (χ2v) is 7.00. The van der Waals surface area contributed by atoms with E-state index in [-0.39, 0.29) is 5.41 Å². The Morgan fingerprint density at radius 1 is 1.15 bits per heavy atom. The molecule has 5 heteroatoms. The van der Waals surface area contributed by atoms with E-state index >= 15 is 0 Å². The number of benzene rings is 1. The summed E-state index contributed by atoms with van der Waals surface area (Å²) in [5.41, 5.74) is -0.0868. The third-order valence-electron chi connectivity index (χ3n) is 2.65. The van der Waals surface area contributed by atoms with E-state index in [1.54, 1.807) is 11.8 Å². The van der Waals surface area contributed by atoms with Crippen LogP contribution in [0.1, 0.15) is 26.6 Å². The zero-order chi connectivity index (χ0) is 14.8. The Kier molecular flexibility index (Phi) is 4.55. The summed E-state index contributed by atoms with van der Waals surface area (Å²) in [6.45, 7) is 6.32. The van der Waals surface area contributed by atoms with Gasteiger partial charge in [-0.3, -0.25) is 0 Å². The molecule has 0 atom stereocenters. The number of halogens is 1. The number of rotatable bonds is 3. The highest BCUT2D eigenvalue weighted by atomic mass is 35.5. The topological polar surface area (TPSA) is 37.8 Å². The fourth-order valence-electron chi connectivity index (χ4n) is 1.59. The van der Waals surface area contributed by atoms with Crippen molar-refractivity contribution in [1.82, 2.24) is 9.97 Å². The van der Waals surface area contributed by atoms with Gasteiger partial charge in [-0.1, -0.05) is 50.2 Å². The first kappa shape index (κ1) is 15.1. The number of aromatic nitrogens is 2. The van der Waals surface area contributed by atoms with E-state index < -0.39 is 0 Å². The highest BCUT2D eigenvalue weighted by molar-refractivity contribution is 7.99. The largest absolute Gasteiger partial charge is 0.373 e.